The zero-order valence-corrected chi connectivity index (χ0v) is 10.5. The fraction of sp³-hybridized carbons (Fsp3) is 0.231. The number of hydrogen-bond acceptors (Lipinski definition) is 4. The van der Waals surface area contributed by atoms with Crippen molar-refractivity contribution in [1.82, 2.24) is 9.97 Å². The van der Waals surface area contributed by atoms with Crippen molar-refractivity contribution in [2.75, 3.05) is 13.7 Å². The summed E-state index contributed by atoms with van der Waals surface area (Å²) >= 11 is 0. The van der Waals surface area contributed by atoms with Crippen LogP contribution < -0.4 is 9.47 Å². The monoisotopic (exact) mass is 284 g/mol. The second kappa shape index (κ2) is 5.77. The van der Waals surface area contributed by atoms with E-state index in [-0.39, 0.29) is 11.8 Å². The molecule has 0 aliphatic heterocycles. The van der Waals surface area contributed by atoms with Gasteiger partial charge >= 0.3 is 12.2 Å². The lowest BCUT2D eigenvalue weighted by Gasteiger charge is -2.10. The SMILES string of the molecule is COc1ncc(-c2cccc(OCC(F)(F)F)c2)cn1. The maximum Gasteiger partial charge on any atom is 0.422 e. The molecule has 0 bridgehead atoms. The van der Waals surface area contributed by atoms with E-state index in [9.17, 15) is 13.2 Å². The van der Waals surface area contributed by atoms with Gasteiger partial charge in [0.1, 0.15) is 5.75 Å². The highest BCUT2D eigenvalue weighted by atomic mass is 19.4. The number of alkyl halides is 3. The maximum atomic E-state index is 12.1. The van der Waals surface area contributed by atoms with E-state index in [0.29, 0.717) is 11.1 Å². The first kappa shape index (κ1) is 14.1. The van der Waals surface area contributed by atoms with Gasteiger partial charge in [0, 0.05) is 18.0 Å². The molecule has 0 fully saturated rings. The highest BCUT2D eigenvalue weighted by Crippen LogP contribution is 2.25. The largest absolute Gasteiger partial charge is 0.484 e. The molecule has 0 amide bonds. The predicted octanol–water partition coefficient (Wildman–Crippen LogP) is 3.09. The molecular weight excluding hydrogens is 273 g/mol. The van der Waals surface area contributed by atoms with Crippen LogP contribution in [0.2, 0.25) is 0 Å². The van der Waals surface area contributed by atoms with Gasteiger partial charge in [0.05, 0.1) is 7.11 Å². The van der Waals surface area contributed by atoms with Crippen LogP contribution in [0.3, 0.4) is 0 Å². The highest BCUT2D eigenvalue weighted by molar-refractivity contribution is 5.63. The molecule has 20 heavy (non-hydrogen) atoms. The quantitative estimate of drug-likeness (QED) is 0.865. The smallest absolute Gasteiger partial charge is 0.422 e. The van der Waals surface area contributed by atoms with Crippen LogP contribution in [0.5, 0.6) is 11.8 Å². The molecule has 0 atom stereocenters. The van der Waals surface area contributed by atoms with E-state index < -0.39 is 12.8 Å². The Morgan fingerprint density at radius 1 is 1.10 bits per heavy atom. The van der Waals surface area contributed by atoms with Crippen molar-refractivity contribution in [3.8, 4) is 22.9 Å². The third kappa shape index (κ3) is 3.84. The van der Waals surface area contributed by atoms with E-state index >= 15 is 0 Å². The van der Waals surface area contributed by atoms with Gasteiger partial charge in [-0.3, -0.25) is 0 Å². The number of aromatic nitrogens is 2. The van der Waals surface area contributed by atoms with Crippen molar-refractivity contribution >= 4 is 0 Å². The Balaban J connectivity index is 2.16. The Morgan fingerprint density at radius 3 is 2.40 bits per heavy atom. The molecule has 1 heterocycles. The van der Waals surface area contributed by atoms with Crippen molar-refractivity contribution in [1.29, 1.82) is 0 Å². The predicted molar refractivity (Wildman–Crippen MR) is 65.6 cm³/mol. The van der Waals surface area contributed by atoms with Gasteiger partial charge in [0.25, 0.3) is 0 Å². The number of halogens is 3. The normalized spacial score (nSPS) is 11.2. The third-order valence-electron chi connectivity index (χ3n) is 2.38. The minimum Gasteiger partial charge on any atom is -0.484 e. The van der Waals surface area contributed by atoms with Crippen molar-refractivity contribution in [2.45, 2.75) is 6.18 Å². The molecule has 2 aromatic rings. The zero-order chi connectivity index (χ0) is 14.6. The summed E-state index contributed by atoms with van der Waals surface area (Å²) in [4.78, 5) is 7.87. The van der Waals surface area contributed by atoms with Gasteiger partial charge < -0.3 is 9.47 Å². The van der Waals surface area contributed by atoms with Gasteiger partial charge in [-0.25, -0.2) is 9.97 Å². The van der Waals surface area contributed by atoms with E-state index in [0.717, 1.165) is 0 Å². The molecule has 0 spiro atoms. The summed E-state index contributed by atoms with van der Waals surface area (Å²) < 4.78 is 45.8. The minimum atomic E-state index is -4.36. The summed E-state index contributed by atoms with van der Waals surface area (Å²) in [6, 6.07) is 6.51. The first-order valence-electron chi connectivity index (χ1n) is 5.64. The summed E-state index contributed by atoms with van der Waals surface area (Å²) in [7, 11) is 1.45. The zero-order valence-electron chi connectivity index (χ0n) is 10.5. The Morgan fingerprint density at radius 2 is 1.80 bits per heavy atom. The van der Waals surface area contributed by atoms with Crippen LogP contribution in [0.15, 0.2) is 36.7 Å². The minimum absolute atomic E-state index is 0.135. The summed E-state index contributed by atoms with van der Waals surface area (Å²) in [5, 5.41) is 0. The van der Waals surface area contributed by atoms with Crippen molar-refractivity contribution < 1.29 is 22.6 Å². The summed E-state index contributed by atoms with van der Waals surface area (Å²) in [6.45, 7) is -1.32. The molecule has 0 N–H and O–H groups in total. The fourth-order valence-corrected chi connectivity index (χ4v) is 1.50. The number of methoxy groups -OCH3 is 1. The second-order valence-corrected chi connectivity index (χ2v) is 3.89. The Bertz CT molecular complexity index is 571. The van der Waals surface area contributed by atoms with Crippen LogP contribution in [0, 0.1) is 0 Å². The van der Waals surface area contributed by atoms with E-state index in [2.05, 4.69) is 14.7 Å². The standard InChI is InChI=1S/C13H11F3N2O2/c1-19-12-17-6-10(7-18-12)9-3-2-4-11(5-9)20-8-13(14,15)16/h2-7H,8H2,1H3. The van der Waals surface area contributed by atoms with E-state index in [1.807, 2.05) is 0 Å². The van der Waals surface area contributed by atoms with Gasteiger partial charge in [-0.2, -0.15) is 13.2 Å². The Kier molecular flexibility index (Phi) is 4.07. The second-order valence-electron chi connectivity index (χ2n) is 3.89. The van der Waals surface area contributed by atoms with Gasteiger partial charge in [0.2, 0.25) is 0 Å². The first-order chi connectivity index (χ1) is 9.48. The average Bonchev–Trinajstić information content (AvgIpc) is 2.45. The summed E-state index contributed by atoms with van der Waals surface area (Å²) in [5.74, 6) is 0.135. The number of rotatable bonds is 4. The first-order valence-corrected chi connectivity index (χ1v) is 5.64. The molecule has 0 unspecified atom stereocenters. The molecule has 0 aliphatic carbocycles. The van der Waals surface area contributed by atoms with Crippen molar-refractivity contribution in [2.24, 2.45) is 0 Å². The lowest BCUT2D eigenvalue weighted by molar-refractivity contribution is -0.153. The molecule has 0 aliphatic rings. The highest BCUT2D eigenvalue weighted by Gasteiger charge is 2.28. The van der Waals surface area contributed by atoms with Crippen molar-refractivity contribution in [3.63, 3.8) is 0 Å². The van der Waals surface area contributed by atoms with Gasteiger partial charge in [0.15, 0.2) is 6.61 Å². The van der Waals surface area contributed by atoms with Gasteiger partial charge in [-0.1, -0.05) is 12.1 Å². The van der Waals surface area contributed by atoms with Crippen LogP contribution in [-0.2, 0) is 0 Å². The average molecular weight is 284 g/mol. The molecular formula is C13H11F3N2O2. The number of benzene rings is 1. The van der Waals surface area contributed by atoms with Crippen molar-refractivity contribution in [3.05, 3.63) is 36.7 Å². The topological polar surface area (TPSA) is 44.2 Å². The van der Waals surface area contributed by atoms with Gasteiger partial charge in [-0.15, -0.1) is 0 Å². The van der Waals surface area contributed by atoms with Crippen LogP contribution in [0.4, 0.5) is 13.2 Å². The van der Waals surface area contributed by atoms with Crippen LogP contribution in [0.25, 0.3) is 11.1 Å². The summed E-state index contributed by atoms with van der Waals surface area (Å²) in [5.41, 5.74) is 1.32. The number of ether oxygens (including phenoxy) is 2. The van der Waals surface area contributed by atoms with Gasteiger partial charge in [-0.05, 0) is 17.7 Å². The lowest BCUT2D eigenvalue weighted by atomic mass is 10.1. The molecule has 4 nitrogen and oxygen atoms in total. The Labute approximate surface area is 113 Å². The Hall–Kier alpha value is -2.31. The van der Waals surface area contributed by atoms with Crippen LogP contribution in [0.1, 0.15) is 0 Å². The molecule has 0 saturated carbocycles. The molecule has 0 saturated heterocycles. The van der Waals surface area contributed by atoms with Crippen LogP contribution in [-0.4, -0.2) is 29.9 Å². The molecule has 2 rings (SSSR count). The summed E-state index contributed by atoms with van der Waals surface area (Å²) in [6.07, 6.45) is -1.32. The number of nitrogens with zero attached hydrogens (tertiary/aromatic N) is 2. The van der Waals surface area contributed by atoms with E-state index in [1.165, 1.54) is 31.6 Å². The maximum absolute atomic E-state index is 12.1. The van der Waals surface area contributed by atoms with Crippen LogP contribution >= 0.6 is 0 Å². The molecule has 1 aromatic heterocycles. The van der Waals surface area contributed by atoms with E-state index in [1.54, 1.807) is 12.1 Å². The molecule has 1 aromatic carbocycles. The molecule has 7 heteroatoms. The third-order valence-corrected chi connectivity index (χ3v) is 2.38. The lowest BCUT2D eigenvalue weighted by Crippen LogP contribution is -2.19. The van der Waals surface area contributed by atoms with E-state index in [4.69, 9.17) is 4.74 Å². The molecule has 106 valence electrons. The molecule has 0 radical (unpaired) electrons. The fourth-order valence-electron chi connectivity index (χ4n) is 1.50. The number of hydrogen-bond donors (Lipinski definition) is 0.